The molecule has 26 heavy (non-hydrogen) atoms. The molecule has 0 radical (unpaired) electrons. The van der Waals surface area contributed by atoms with Gasteiger partial charge in [-0.1, -0.05) is 24.3 Å². The second-order valence-corrected chi connectivity index (χ2v) is 5.72. The molecule has 2 aromatic carbocycles. The number of hydrogen-bond acceptors (Lipinski definition) is 3. The first-order valence-electron chi connectivity index (χ1n) is 7.93. The Morgan fingerprint density at radius 2 is 1.96 bits per heavy atom. The molecule has 1 amide bonds. The largest absolute Gasteiger partial charge is 0.493 e. The van der Waals surface area contributed by atoms with Gasteiger partial charge in [0.15, 0.2) is 11.5 Å². The standard InChI is InChI=1S/C19H18F2N2O3/c1-23-11-14(13-5-3-4-6-15(13)23)18(24)22-10-12-7-8-16(26-19(20)21)17(9-12)25-2/h3-9,11,19H,10H2,1-2H3,(H,22,24). The van der Waals surface area contributed by atoms with Crippen molar-refractivity contribution in [1.82, 2.24) is 9.88 Å². The summed E-state index contributed by atoms with van der Waals surface area (Å²) in [7, 11) is 3.25. The number of nitrogens with one attached hydrogen (secondary N) is 1. The Kier molecular flexibility index (Phi) is 5.06. The van der Waals surface area contributed by atoms with Crippen molar-refractivity contribution in [2.24, 2.45) is 7.05 Å². The third kappa shape index (κ3) is 3.61. The van der Waals surface area contributed by atoms with Gasteiger partial charge in [-0.2, -0.15) is 8.78 Å². The molecule has 0 unspecified atom stereocenters. The molecule has 3 aromatic rings. The van der Waals surface area contributed by atoms with Gasteiger partial charge in [0, 0.05) is 30.7 Å². The Morgan fingerprint density at radius 3 is 2.69 bits per heavy atom. The lowest BCUT2D eigenvalue weighted by molar-refractivity contribution is -0.0512. The summed E-state index contributed by atoms with van der Waals surface area (Å²) in [5, 5.41) is 3.70. The van der Waals surface area contributed by atoms with E-state index >= 15 is 0 Å². The molecule has 3 rings (SSSR count). The van der Waals surface area contributed by atoms with Crippen LogP contribution in [-0.4, -0.2) is 24.2 Å². The first-order chi connectivity index (χ1) is 12.5. The van der Waals surface area contributed by atoms with E-state index in [-0.39, 0.29) is 24.0 Å². The van der Waals surface area contributed by atoms with Gasteiger partial charge in [0.1, 0.15) is 0 Å². The number of fused-ring (bicyclic) bond motifs is 1. The molecule has 0 bridgehead atoms. The Balaban J connectivity index is 1.75. The molecule has 0 saturated heterocycles. The van der Waals surface area contributed by atoms with E-state index in [1.165, 1.54) is 13.2 Å². The zero-order valence-electron chi connectivity index (χ0n) is 14.3. The van der Waals surface area contributed by atoms with Crippen LogP contribution in [0.4, 0.5) is 8.78 Å². The smallest absolute Gasteiger partial charge is 0.387 e. The number of benzene rings is 2. The van der Waals surface area contributed by atoms with Gasteiger partial charge in [0.05, 0.1) is 12.7 Å². The molecule has 5 nitrogen and oxygen atoms in total. The Morgan fingerprint density at radius 1 is 1.19 bits per heavy atom. The highest BCUT2D eigenvalue weighted by molar-refractivity contribution is 6.06. The summed E-state index contributed by atoms with van der Waals surface area (Å²) >= 11 is 0. The lowest BCUT2D eigenvalue weighted by atomic mass is 10.1. The van der Waals surface area contributed by atoms with Gasteiger partial charge in [-0.05, 0) is 23.8 Å². The van der Waals surface area contributed by atoms with Crippen molar-refractivity contribution in [3.63, 3.8) is 0 Å². The summed E-state index contributed by atoms with van der Waals surface area (Å²) in [6.07, 6.45) is 1.78. The molecule has 1 aromatic heterocycles. The van der Waals surface area contributed by atoms with Gasteiger partial charge < -0.3 is 19.4 Å². The fraction of sp³-hybridized carbons (Fsp3) is 0.211. The summed E-state index contributed by atoms with van der Waals surface area (Å²) in [6.45, 7) is -2.70. The number of aromatic nitrogens is 1. The summed E-state index contributed by atoms with van der Waals surface area (Å²) < 4.78 is 36.1. The zero-order valence-corrected chi connectivity index (χ0v) is 14.3. The molecular weight excluding hydrogens is 342 g/mol. The van der Waals surface area contributed by atoms with Crippen molar-refractivity contribution in [2.75, 3.05) is 7.11 Å². The van der Waals surface area contributed by atoms with Crippen LogP contribution >= 0.6 is 0 Å². The van der Waals surface area contributed by atoms with Gasteiger partial charge >= 0.3 is 6.61 Å². The number of carbonyl (C=O) groups is 1. The normalized spacial score (nSPS) is 11.0. The topological polar surface area (TPSA) is 52.5 Å². The Bertz CT molecular complexity index is 938. The fourth-order valence-electron chi connectivity index (χ4n) is 2.82. The van der Waals surface area contributed by atoms with Crippen molar-refractivity contribution in [1.29, 1.82) is 0 Å². The average molecular weight is 360 g/mol. The molecule has 7 heteroatoms. The molecule has 1 N–H and O–H groups in total. The summed E-state index contributed by atoms with van der Waals surface area (Å²) in [5.74, 6) is -0.0810. The SMILES string of the molecule is COc1cc(CNC(=O)c2cn(C)c3ccccc23)ccc1OC(F)F. The van der Waals surface area contributed by atoms with Gasteiger partial charge in [0.25, 0.3) is 5.91 Å². The summed E-state index contributed by atoms with van der Waals surface area (Å²) in [6, 6.07) is 12.2. The molecule has 1 heterocycles. The number of para-hydroxylation sites is 1. The highest BCUT2D eigenvalue weighted by atomic mass is 19.3. The van der Waals surface area contributed by atoms with Gasteiger partial charge in [-0.3, -0.25) is 4.79 Å². The maximum Gasteiger partial charge on any atom is 0.387 e. The van der Waals surface area contributed by atoms with Crippen LogP contribution in [0.1, 0.15) is 15.9 Å². The molecular formula is C19H18F2N2O3. The molecule has 0 spiro atoms. The number of methoxy groups -OCH3 is 1. The third-order valence-corrected chi connectivity index (χ3v) is 4.04. The van der Waals surface area contributed by atoms with Crippen LogP contribution in [0.3, 0.4) is 0 Å². The van der Waals surface area contributed by atoms with Crippen molar-refractivity contribution in [3.05, 3.63) is 59.8 Å². The number of amides is 1. The molecule has 0 saturated carbocycles. The Labute approximate surface area is 149 Å². The number of nitrogens with zero attached hydrogens (tertiary/aromatic N) is 1. The first kappa shape index (κ1) is 17.7. The molecule has 136 valence electrons. The first-order valence-corrected chi connectivity index (χ1v) is 7.93. The summed E-state index contributed by atoms with van der Waals surface area (Å²) in [4.78, 5) is 12.5. The van der Waals surface area contributed by atoms with E-state index in [4.69, 9.17) is 4.74 Å². The van der Waals surface area contributed by atoms with Crippen LogP contribution < -0.4 is 14.8 Å². The van der Waals surface area contributed by atoms with Crippen molar-refractivity contribution < 1.29 is 23.0 Å². The number of alkyl halides is 2. The summed E-state index contributed by atoms with van der Waals surface area (Å²) in [5.41, 5.74) is 2.25. The van der Waals surface area contributed by atoms with Crippen LogP contribution in [0, 0.1) is 0 Å². The monoisotopic (exact) mass is 360 g/mol. The van der Waals surface area contributed by atoms with E-state index in [0.29, 0.717) is 11.1 Å². The Hall–Kier alpha value is -3.09. The molecule has 0 aliphatic heterocycles. The van der Waals surface area contributed by atoms with E-state index in [2.05, 4.69) is 10.1 Å². The molecule has 0 atom stereocenters. The van der Waals surface area contributed by atoms with Crippen LogP contribution in [0.25, 0.3) is 10.9 Å². The minimum atomic E-state index is -2.93. The van der Waals surface area contributed by atoms with E-state index in [1.807, 2.05) is 35.9 Å². The van der Waals surface area contributed by atoms with Crippen LogP contribution in [0.2, 0.25) is 0 Å². The number of aryl methyl sites for hydroxylation is 1. The van der Waals surface area contributed by atoms with Gasteiger partial charge in [-0.25, -0.2) is 0 Å². The predicted molar refractivity (Wildman–Crippen MR) is 93.7 cm³/mol. The number of carbonyl (C=O) groups excluding carboxylic acids is 1. The third-order valence-electron chi connectivity index (χ3n) is 4.04. The van der Waals surface area contributed by atoms with Crippen molar-refractivity contribution in [2.45, 2.75) is 13.2 Å². The maximum atomic E-state index is 12.5. The van der Waals surface area contributed by atoms with Crippen molar-refractivity contribution >= 4 is 16.8 Å². The average Bonchev–Trinajstić information content (AvgIpc) is 2.97. The van der Waals surface area contributed by atoms with Crippen molar-refractivity contribution in [3.8, 4) is 11.5 Å². The highest BCUT2D eigenvalue weighted by Gasteiger charge is 2.14. The molecule has 0 fully saturated rings. The second-order valence-electron chi connectivity index (χ2n) is 5.72. The van der Waals surface area contributed by atoms with E-state index in [1.54, 1.807) is 18.3 Å². The fourth-order valence-corrected chi connectivity index (χ4v) is 2.82. The van der Waals surface area contributed by atoms with E-state index < -0.39 is 6.61 Å². The minimum Gasteiger partial charge on any atom is -0.493 e. The quantitative estimate of drug-likeness (QED) is 0.729. The number of halogens is 2. The van der Waals surface area contributed by atoms with Crippen LogP contribution in [-0.2, 0) is 13.6 Å². The minimum absolute atomic E-state index is 0.0494. The molecule has 0 aliphatic rings. The van der Waals surface area contributed by atoms with E-state index in [9.17, 15) is 13.6 Å². The number of rotatable bonds is 6. The lowest BCUT2D eigenvalue weighted by Crippen LogP contribution is -2.22. The van der Waals surface area contributed by atoms with E-state index in [0.717, 1.165) is 10.9 Å². The predicted octanol–water partition coefficient (Wildman–Crippen LogP) is 3.72. The van der Waals surface area contributed by atoms with Gasteiger partial charge in [-0.15, -0.1) is 0 Å². The maximum absolute atomic E-state index is 12.5. The highest BCUT2D eigenvalue weighted by Crippen LogP contribution is 2.29. The number of hydrogen-bond donors (Lipinski definition) is 1. The lowest BCUT2D eigenvalue weighted by Gasteiger charge is -2.12. The second kappa shape index (κ2) is 7.43. The molecule has 0 aliphatic carbocycles. The number of ether oxygens (including phenoxy) is 2. The van der Waals surface area contributed by atoms with Crippen LogP contribution in [0.5, 0.6) is 11.5 Å². The van der Waals surface area contributed by atoms with Gasteiger partial charge in [0.2, 0.25) is 0 Å². The zero-order chi connectivity index (χ0) is 18.7. The van der Waals surface area contributed by atoms with Crippen LogP contribution in [0.15, 0.2) is 48.7 Å².